The van der Waals surface area contributed by atoms with Gasteiger partial charge in [-0.2, -0.15) is 10.2 Å². The Hall–Kier alpha value is -6.28. The minimum absolute atomic E-state index is 0.875. The zero-order chi connectivity index (χ0) is 29.9. The molecule has 0 fully saturated rings. The predicted molar refractivity (Wildman–Crippen MR) is 178 cm³/mol. The Morgan fingerprint density at radius 3 is 2.20 bits per heavy atom. The van der Waals surface area contributed by atoms with Gasteiger partial charge in [0, 0.05) is 65.6 Å². The van der Waals surface area contributed by atoms with Crippen LogP contribution < -0.4 is 0 Å². The van der Waals surface area contributed by atoms with Crippen LogP contribution in [0.4, 0.5) is 0 Å². The molecule has 0 aliphatic rings. The van der Waals surface area contributed by atoms with E-state index in [1.807, 2.05) is 70.5 Å². The van der Waals surface area contributed by atoms with Crippen molar-refractivity contribution in [3.63, 3.8) is 0 Å². The van der Waals surface area contributed by atoms with Gasteiger partial charge in [0.25, 0.3) is 0 Å². The standard InChI is InChI=1S/C37H26N8/c1-42-34-13-3-2-12-32(34)41-37(42)30-24-36-29(23-35(30)44-20-8-18-40-44)28-22-26(43-19-7-17-39-43)14-15-33(28)45(36)27-10-6-9-25(21-27)31-11-4-5-16-38-31/h2-24H,1H3. The molecule has 45 heavy (non-hydrogen) atoms. The molecule has 5 heterocycles. The molecule has 214 valence electrons. The highest BCUT2D eigenvalue weighted by atomic mass is 15.3. The van der Waals surface area contributed by atoms with Crippen molar-refractivity contribution in [2.45, 2.75) is 0 Å². The van der Waals surface area contributed by atoms with Gasteiger partial charge in [0.2, 0.25) is 0 Å². The first kappa shape index (κ1) is 25.2. The number of para-hydroxylation sites is 2. The first-order valence-corrected chi connectivity index (χ1v) is 14.8. The molecule has 0 bridgehead atoms. The summed E-state index contributed by atoms with van der Waals surface area (Å²) in [6.45, 7) is 0. The lowest BCUT2D eigenvalue weighted by Crippen LogP contribution is -2.02. The molecule has 0 aliphatic heterocycles. The van der Waals surface area contributed by atoms with Crippen molar-refractivity contribution < 1.29 is 0 Å². The molecule has 8 heteroatoms. The first-order valence-electron chi connectivity index (χ1n) is 14.8. The van der Waals surface area contributed by atoms with Gasteiger partial charge in [0.1, 0.15) is 5.82 Å². The molecule has 0 saturated carbocycles. The van der Waals surface area contributed by atoms with Gasteiger partial charge >= 0.3 is 0 Å². The summed E-state index contributed by atoms with van der Waals surface area (Å²) in [6, 6.07) is 37.7. The van der Waals surface area contributed by atoms with E-state index in [9.17, 15) is 0 Å². The molecular weight excluding hydrogens is 556 g/mol. The molecule has 0 saturated heterocycles. The van der Waals surface area contributed by atoms with Gasteiger partial charge in [0.15, 0.2) is 0 Å². The number of aromatic nitrogens is 8. The molecule has 0 atom stereocenters. The lowest BCUT2D eigenvalue weighted by atomic mass is 10.1. The maximum atomic E-state index is 5.11. The zero-order valence-corrected chi connectivity index (χ0v) is 24.4. The van der Waals surface area contributed by atoms with E-state index < -0.39 is 0 Å². The third-order valence-corrected chi connectivity index (χ3v) is 8.48. The fourth-order valence-corrected chi connectivity index (χ4v) is 6.39. The minimum atomic E-state index is 0.875. The van der Waals surface area contributed by atoms with E-state index in [0.29, 0.717) is 0 Å². The maximum absolute atomic E-state index is 5.11. The fourth-order valence-electron chi connectivity index (χ4n) is 6.39. The smallest absolute Gasteiger partial charge is 0.143 e. The van der Waals surface area contributed by atoms with Crippen LogP contribution in [0.3, 0.4) is 0 Å². The summed E-state index contributed by atoms with van der Waals surface area (Å²) in [5.41, 5.74) is 10.2. The summed E-state index contributed by atoms with van der Waals surface area (Å²) < 4.78 is 8.32. The number of imidazole rings is 1. The fraction of sp³-hybridized carbons (Fsp3) is 0.0270. The van der Waals surface area contributed by atoms with E-state index in [4.69, 9.17) is 4.98 Å². The van der Waals surface area contributed by atoms with Crippen LogP contribution in [-0.4, -0.2) is 38.7 Å². The minimum Gasteiger partial charge on any atom is -0.327 e. The van der Waals surface area contributed by atoms with E-state index in [-0.39, 0.29) is 0 Å². The number of fused-ring (bicyclic) bond motifs is 4. The number of nitrogens with zero attached hydrogens (tertiary/aromatic N) is 8. The van der Waals surface area contributed by atoms with Crippen LogP contribution in [0, 0.1) is 0 Å². The molecule has 5 aromatic heterocycles. The Balaban J connectivity index is 1.39. The van der Waals surface area contributed by atoms with Crippen molar-refractivity contribution >= 4 is 32.8 Å². The van der Waals surface area contributed by atoms with Crippen LogP contribution in [-0.2, 0) is 7.05 Å². The molecule has 0 amide bonds. The van der Waals surface area contributed by atoms with Crippen LogP contribution in [0.2, 0.25) is 0 Å². The average Bonchev–Trinajstić information content (AvgIpc) is 3.91. The summed E-state index contributed by atoms with van der Waals surface area (Å²) in [5, 5.41) is 11.4. The Kier molecular flexibility index (Phi) is 5.55. The molecule has 9 aromatic rings. The van der Waals surface area contributed by atoms with Gasteiger partial charge in [-0.05, 0) is 78.9 Å². The molecule has 0 aliphatic carbocycles. The number of hydrogen-bond donors (Lipinski definition) is 0. The second-order valence-electron chi connectivity index (χ2n) is 11.1. The first-order chi connectivity index (χ1) is 22.2. The van der Waals surface area contributed by atoms with E-state index in [0.717, 1.165) is 72.5 Å². The van der Waals surface area contributed by atoms with E-state index in [1.54, 1.807) is 6.20 Å². The summed E-state index contributed by atoms with van der Waals surface area (Å²) in [5.74, 6) is 0.875. The van der Waals surface area contributed by atoms with Crippen molar-refractivity contribution in [1.82, 2.24) is 38.7 Å². The largest absolute Gasteiger partial charge is 0.327 e. The lowest BCUT2D eigenvalue weighted by Gasteiger charge is -2.13. The number of benzene rings is 4. The van der Waals surface area contributed by atoms with Crippen LogP contribution in [0.1, 0.15) is 0 Å². The molecule has 9 rings (SSSR count). The number of hydrogen-bond acceptors (Lipinski definition) is 4. The highest BCUT2D eigenvalue weighted by Crippen LogP contribution is 2.39. The normalized spacial score (nSPS) is 11.7. The van der Waals surface area contributed by atoms with Crippen LogP contribution >= 0.6 is 0 Å². The van der Waals surface area contributed by atoms with E-state index in [2.05, 4.69) is 104 Å². The molecular formula is C37H26N8. The van der Waals surface area contributed by atoms with E-state index >= 15 is 0 Å². The van der Waals surface area contributed by atoms with Gasteiger partial charge in [-0.1, -0.05) is 30.3 Å². The van der Waals surface area contributed by atoms with Gasteiger partial charge < -0.3 is 9.13 Å². The summed E-state index contributed by atoms with van der Waals surface area (Å²) in [7, 11) is 2.07. The third-order valence-electron chi connectivity index (χ3n) is 8.48. The van der Waals surface area contributed by atoms with Gasteiger partial charge in [-0.3, -0.25) is 4.98 Å². The Labute approximate surface area is 258 Å². The quantitative estimate of drug-likeness (QED) is 0.208. The number of pyridine rings is 1. The van der Waals surface area contributed by atoms with Crippen molar-refractivity contribution in [3.05, 3.63) is 140 Å². The molecule has 0 N–H and O–H groups in total. The number of aryl methyl sites for hydroxylation is 1. The average molecular weight is 583 g/mol. The zero-order valence-electron chi connectivity index (χ0n) is 24.4. The van der Waals surface area contributed by atoms with Crippen LogP contribution in [0.5, 0.6) is 0 Å². The van der Waals surface area contributed by atoms with Crippen molar-refractivity contribution in [2.24, 2.45) is 7.05 Å². The van der Waals surface area contributed by atoms with Gasteiger partial charge in [0.05, 0.1) is 39.1 Å². The Morgan fingerprint density at radius 1 is 0.578 bits per heavy atom. The highest BCUT2D eigenvalue weighted by Gasteiger charge is 2.21. The van der Waals surface area contributed by atoms with Crippen LogP contribution in [0.15, 0.2) is 140 Å². The molecule has 0 spiro atoms. The van der Waals surface area contributed by atoms with Crippen molar-refractivity contribution in [3.8, 4) is 39.7 Å². The van der Waals surface area contributed by atoms with Crippen molar-refractivity contribution in [1.29, 1.82) is 0 Å². The monoisotopic (exact) mass is 582 g/mol. The lowest BCUT2D eigenvalue weighted by molar-refractivity contribution is 0.876. The second-order valence-corrected chi connectivity index (χ2v) is 11.1. The summed E-state index contributed by atoms with van der Waals surface area (Å²) >= 11 is 0. The summed E-state index contributed by atoms with van der Waals surface area (Å²) in [6.07, 6.45) is 9.40. The Morgan fingerprint density at radius 2 is 1.40 bits per heavy atom. The molecule has 8 nitrogen and oxygen atoms in total. The maximum Gasteiger partial charge on any atom is 0.143 e. The van der Waals surface area contributed by atoms with E-state index in [1.165, 1.54) is 0 Å². The van der Waals surface area contributed by atoms with Crippen molar-refractivity contribution in [2.75, 3.05) is 0 Å². The molecule has 4 aromatic carbocycles. The Bertz CT molecular complexity index is 2480. The predicted octanol–water partition coefficient (Wildman–Crippen LogP) is 7.77. The highest BCUT2D eigenvalue weighted by molar-refractivity contribution is 6.12. The van der Waals surface area contributed by atoms with Crippen LogP contribution in [0.25, 0.3) is 72.5 Å². The van der Waals surface area contributed by atoms with Gasteiger partial charge in [-0.15, -0.1) is 0 Å². The molecule has 0 unspecified atom stereocenters. The third kappa shape index (κ3) is 4.00. The summed E-state index contributed by atoms with van der Waals surface area (Å²) in [4.78, 5) is 9.73. The van der Waals surface area contributed by atoms with Gasteiger partial charge in [-0.25, -0.2) is 14.3 Å². The SMILES string of the molecule is Cn1c(-c2cc3c(cc2-n2cccn2)c2cc(-n4cccn4)ccc2n3-c2cccc(-c3ccccn3)c2)nc2ccccc21. The number of rotatable bonds is 5. The topological polar surface area (TPSA) is 71.3 Å². The molecule has 0 radical (unpaired) electrons. The second kappa shape index (κ2) is 9.89.